The number of hydrogen-bond acceptors (Lipinski definition) is 2. The first-order valence-corrected chi connectivity index (χ1v) is 7.21. The van der Waals surface area contributed by atoms with Crippen molar-refractivity contribution in [1.82, 2.24) is 5.32 Å². The van der Waals surface area contributed by atoms with Crippen molar-refractivity contribution < 1.29 is 9.53 Å². The maximum Gasteiger partial charge on any atom is 0.251 e. The van der Waals surface area contributed by atoms with Crippen LogP contribution < -0.4 is 10.1 Å². The highest BCUT2D eigenvalue weighted by atomic mass is 16.5. The van der Waals surface area contributed by atoms with Crippen molar-refractivity contribution in [3.8, 4) is 5.75 Å². The summed E-state index contributed by atoms with van der Waals surface area (Å²) >= 11 is 0. The molecule has 3 heteroatoms. The van der Waals surface area contributed by atoms with E-state index in [-0.39, 0.29) is 11.9 Å². The van der Waals surface area contributed by atoms with Gasteiger partial charge in [-0.2, -0.15) is 0 Å². The van der Waals surface area contributed by atoms with Gasteiger partial charge in [-0.15, -0.1) is 0 Å². The Bertz CT molecular complexity index is 608. The Morgan fingerprint density at radius 1 is 1.19 bits per heavy atom. The normalized spacial score (nSPS) is 11.8. The fraction of sp³-hybridized carbons (Fsp3) is 0.278. The van der Waals surface area contributed by atoms with Crippen LogP contribution in [-0.2, 0) is 0 Å². The van der Waals surface area contributed by atoms with Crippen molar-refractivity contribution in [1.29, 1.82) is 0 Å². The van der Waals surface area contributed by atoms with E-state index in [0.717, 1.165) is 16.9 Å². The van der Waals surface area contributed by atoms with Gasteiger partial charge in [0.05, 0.1) is 12.6 Å². The van der Waals surface area contributed by atoms with Crippen molar-refractivity contribution in [2.45, 2.75) is 26.8 Å². The Labute approximate surface area is 126 Å². The summed E-state index contributed by atoms with van der Waals surface area (Å²) in [5, 5.41) is 3.01. The van der Waals surface area contributed by atoms with E-state index in [1.165, 1.54) is 0 Å². The van der Waals surface area contributed by atoms with Crippen LogP contribution in [0.4, 0.5) is 0 Å². The molecule has 1 amide bonds. The predicted molar refractivity (Wildman–Crippen MR) is 84.7 cm³/mol. The van der Waals surface area contributed by atoms with Crippen LogP contribution in [0.15, 0.2) is 48.5 Å². The average molecular weight is 283 g/mol. The highest BCUT2D eigenvalue weighted by molar-refractivity contribution is 5.94. The number of benzene rings is 2. The molecule has 0 saturated carbocycles. The fourth-order valence-corrected chi connectivity index (χ4v) is 2.21. The second-order valence-corrected chi connectivity index (χ2v) is 5.02. The smallest absolute Gasteiger partial charge is 0.251 e. The summed E-state index contributed by atoms with van der Waals surface area (Å²) in [6.45, 7) is 6.50. The van der Waals surface area contributed by atoms with Gasteiger partial charge in [0.2, 0.25) is 0 Å². The molecule has 0 heterocycles. The molecule has 0 radical (unpaired) electrons. The van der Waals surface area contributed by atoms with E-state index in [1.807, 2.05) is 63.2 Å². The first-order valence-electron chi connectivity index (χ1n) is 7.21. The number of carbonyl (C=O) groups excluding carboxylic acids is 1. The summed E-state index contributed by atoms with van der Waals surface area (Å²) < 4.78 is 5.49. The molecule has 0 fully saturated rings. The molecule has 2 aromatic carbocycles. The molecule has 110 valence electrons. The average Bonchev–Trinajstić information content (AvgIpc) is 2.50. The van der Waals surface area contributed by atoms with Crippen LogP contribution >= 0.6 is 0 Å². The number of nitrogens with one attached hydrogen (secondary N) is 1. The summed E-state index contributed by atoms with van der Waals surface area (Å²) in [6, 6.07) is 15.4. The van der Waals surface area contributed by atoms with Crippen molar-refractivity contribution in [3.05, 3.63) is 65.2 Å². The summed E-state index contributed by atoms with van der Waals surface area (Å²) in [5.74, 6) is 0.752. The second-order valence-electron chi connectivity index (χ2n) is 5.02. The van der Waals surface area contributed by atoms with Gasteiger partial charge < -0.3 is 10.1 Å². The van der Waals surface area contributed by atoms with Crippen molar-refractivity contribution in [2.75, 3.05) is 6.61 Å². The number of carbonyl (C=O) groups is 1. The third-order valence-corrected chi connectivity index (χ3v) is 3.38. The van der Waals surface area contributed by atoms with Crippen LogP contribution in [-0.4, -0.2) is 12.5 Å². The van der Waals surface area contributed by atoms with Gasteiger partial charge in [-0.3, -0.25) is 4.79 Å². The van der Waals surface area contributed by atoms with Gasteiger partial charge in [-0.1, -0.05) is 30.3 Å². The maximum absolute atomic E-state index is 12.3. The Morgan fingerprint density at radius 2 is 1.90 bits per heavy atom. The zero-order valence-corrected chi connectivity index (χ0v) is 12.7. The van der Waals surface area contributed by atoms with E-state index in [2.05, 4.69) is 5.32 Å². The SMILES string of the molecule is CCOc1ccc(C(=O)N[C@H](C)c2ccccc2)cc1C. The zero-order chi connectivity index (χ0) is 15.2. The van der Waals surface area contributed by atoms with E-state index >= 15 is 0 Å². The first kappa shape index (κ1) is 15.1. The minimum absolute atomic E-state index is 0.0226. The van der Waals surface area contributed by atoms with Crippen molar-refractivity contribution in [3.63, 3.8) is 0 Å². The molecule has 0 aromatic heterocycles. The van der Waals surface area contributed by atoms with Crippen molar-refractivity contribution in [2.24, 2.45) is 0 Å². The summed E-state index contributed by atoms with van der Waals surface area (Å²) in [6.07, 6.45) is 0. The Kier molecular flexibility index (Phi) is 4.99. The number of ether oxygens (including phenoxy) is 1. The first-order chi connectivity index (χ1) is 10.1. The second kappa shape index (κ2) is 6.93. The lowest BCUT2D eigenvalue weighted by Crippen LogP contribution is -2.26. The number of aryl methyl sites for hydroxylation is 1. The van der Waals surface area contributed by atoms with E-state index in [1.54, 1.807) is 6.07 Å². The van der Waals surface area contributed by atoms with Gasteiger partial charge in [0.25, 0.3) is 5.91 Å². The van der Waals surface area contributed by atoms with Gasteiger partial charge in [-0.05, 0) is 50.1 Å². The van der Waals surface area contributed by atoms with Gasteiger partial charge in [0, 0.05) is 5.56 Å². The predicted octanol–water partition coefficient (Wildman–Crippen LogP) is 3.88. The molecule has 0 unspecified atom stereocenters. The van der Waals surface area contributed by atoms with Crippen molar-refractivity contribution >= 4 is 5.91 Å². The number of amides is 1. The molecular formula is C18H21NO2. The van der Waals surface area contributed by atoms with Crippen LogP contribution in [0.5, 0.6) is 5.75 Å². The standard InChI is InChI=1S/C18H21NO2/c1-4-21-17-11-10-16(12-13(17)2)18(20)19-14(3)15-8-6-5-7-9-15/h5-12,14H,4H2,1-3H3,(H,19,20)/t14-/m1/s1. The minimum Gasteiger partial charge on any atom is -0.494 e. The molecule has 0 bridgehead atoms. The Balaban J connectivity index is 2.08. The summed E-state index contributed by atoms with van der Waals surface area (Å²) in [4.78, 5) is 12.3. The van der Waals surface area contributed by atoms with E-state index < -0.39 is 0 Å². The van der Waals surface area contributed by atoms with Crippen LogP contribution in [0.25, 0.3) is 0 Å². The van der Waals surface area contributed by atoms with E-state index in [9.17, 15) is 4.79 Å². The lowest BCUT2D eigenvalue weighted by atomic mass is 10.1. The lowest BCUT2D eigenvalue weighted by Gasteiger charge is -2.15. The van der Waals surface area contributed by atoms with Gasteiger partial charge in [0.15, 0.2) is 0 Å². The van der Waals surface area contributed by atoms with Crippen LogP contribution in [0, 0.1) is 6.92 Å². The maximum atomic E-state index is 12.3. The van der Waals surface area contributed by atoms with Gasteiger partial charge >= 0.3 is 0 Å². The van der Waals surface area contributed by atoms with Crippen LogP contribution in [0.3, 0.4) is 0 Å². The molecule has 21 heavy (non-hydrogen) atoms. The molecule has 0 spiro atoms. The highest BCUT2D eigenvalue weighted by Gasteiger charge is 2.12. The molecular weight excluding hydrogens is 262 g/mol. The van der Waals surface area contributed by atoms with Crippen LogP contribution in [0.1, 0.15) is 41.4 Å². The Hall–Kier alpha value is -2.29. The molecule has 2 rings (SSSR count). The fourth-order valence-electron chi connectivity index (χ4n) is 2.21. The number of hydrogen-bond donors (Lipinski definition) is 1. The van der Waals surface area contributed by atoms with E-state index in [0.29, 0.717) is 12.2 Å². The molecule has 1 N–H and O–H groups in total. The molecule has 0 aliphatic heterocycles. The van der Waals surface area contributed by atoms with Gasteiger partial charge in [0.1, 0.15) is 5.75 Å². The molecule has 0 aliphatic carbocycles. The van der Waals surface area contributed by atoms with Gasteiger partial charge in [-0.25, -0.2) is 0 Å². The molecule has 1 atom stereocenters. The monoisotopic (exact) mass is 283 g/mol. The molecule has 3 nitrogen and oxygen atoms in total. The third kappa shape index (κ3) is 3.85. The summed E-state index contributed by atoms with van der Waals surface area (Å²) in [5.41, 5.74) is 2.71. The topological polar surface area (TPSA) is 38.3 Å². The number of rotatable bonds is 5. The highest BCUT2D eigenvalue weighted by Crippen LogP contribution is 2.20. The van der Waals surface area contributed by atoms with Crippen LogP contribution in [0.2, 0.25) is 0 Å². The molecule has 2 aromatic rings. The quantitative estimate of drug-likeness (QED) is 0.904. The molecule has 0 saturated heterocycles. The van der Waals surface area contributed by atoms with E-state index in [4.69, 9.17) is 4.74 Å². The largest absolute Gasteiger partial charge is 0.494 e. The Morgan fingerprint density at radius 3 is 2.52 bits per heavy atom. The summed E-state index contributed by atoms with van der Waals surface area (Å²) in [7, 11) is 0. The minimum atomic E-state index is -0.0718. The third-order valence-electron chi connectivity index (χ3n) is 3.38. The molecule has 0 aliphatic rings. The lowest BCUT2D eigenvalue weighted by molar-refractivity contribution is 0.0940. The zero-order valence-electron chi connectivity index (χ0n) is 12.7.